The van der Waals surface area contributed by atoms with Gasteiger partial charge in [0.2, 0.25) is 0 Å². The quantitative estimate of drug-likeness (QED) is 0.674. The fourth-order valence-corrected chi connectivity index (χ4v) is 3.95. The molecule has 0 aromatic heterocycles. The Morgan fingerprint density at radius 1 is 0.765 bits per heavy atom. The van der Waals surface area contributed by atoms with Crippen molar-refractivity contribution in [2.75, 3.05) is 0 Å². The molecule has 3 aliphatic carbocycles. The fourth-order valence-electron chi connectivity index (χ4n) is 1.84. The number of allylic oxidation sites excluding steroid dienone is 6. The second-order valence-electron chi connectivity index (χ2n) is 4.80. The maximum absolute atomic E-state index is 5.96. The summed E-state index contributed by atoms with van der Waals surface area (Å²) in [7, 11) is -2.55. The number of hydrogen-bond donors (Lipinski definition) is 0. The van der Waals surface area contributed by atoms with Crippen LogP contribution in [0.5, 0.6) is 0 Å². The summed E-state index contributed by atoms with van der Waals surface area (Å²) < 4.78 is 17.9. The molecule has 3 rings (SSSR count). The van der Waals surface area contributed by atoms with Crippen molar-refractivity contribution in [1.29, 1.82) is 0 Å². The normalized spacial score (nSPS) is 22.1. The van der Waals surface area contributed by atoms with E-state index in [0.29, 0.717) is 0 Å². The third kappa shape index (κ3) is 2.41. The zero-order valence-corrected chi connectivity index (χ0v) is 11.2. The molecule has 3 nitrogen and oxygen atoms in total. The van der Waals surface area contributed by atoms with Crippen LogP contribution in [0.4, 0.5) is 0 Å². The molecule has 4 heteroatoms. The van der Waals surface area contributed by atoms with Gasteiger partial charge in [-0.1, -0.05) is 0 Å². The predicted molar refractivity (Wildman–Crippen MR) is 66.8 cm³/mol. The summed E-state index contributed by atoms with van der Waals surface area (Å²) in [6.45, 7) is 1.99. The molecule has 0 saturated carbocycles. The van der Waals surface area contributed by atoms with E-state index in [1.165, 1.54) is 0 Å². The fraction of sp³-hybridized carbons (Fsp3) is 0.538. The lowest BCUT2D eigenvalue weighted by molar-refractivity contribution is 0.127. The van der Waals surface area contributed by atoms with Crippen molar-refractivity contribution in [2.45, 2.75) is 45.1 Å². The summed E-state index contributed by atoms with van der Waals surface area (Å²) in [6.07, 6.45) is 12.8. The lowest BCUT2D eigenvalue weighted by atomic mass is 10.1. The van der Waals surface area contributed by atoms with Crippen LogP contribution >= 0.6 is 0 Å². The Labute approximate surface area is 103 Å². The highest BCUT2D eigenvalue weighted by molar-refractivity contribution is 6.60. The molecule has 92 valence electrons. The van der Waals surface area contributed by atoms with Crippen molar-refractivity contribution >= 4 is 8.80 Å². The van der Waals surface area contributed by atoms with E-state index in [4.69, 9.17) is 13.3 Å². The topological polar surface area (TPSA) is 27.7 Å². The minimum Gasteiger partial charge on any atom is -0.488 e. The van der Waals surface area contributed by atoms with E-state index in [0.717, 1.165) is 55.8 Å². The molecule has 0 saturated heterocycles. The average Bonchev–Trinajstić information content (AvgIpc) is 2.13. The van der Waals surface area contributed by atoms with Crippen LogP contribution < -0.4 is 0 Å². The van der Waals surface area contributed by atoms with Gasteiger partial charge in [0.25, 0.3) is 0 Å². The van der Waals surface area contributed by atoms with Crippen LogP contribution in [0.1, 0.15) is 38.5 Å². The third-order valence-corrected chi connectivity index (χ3v) is 5.14. The summed E-state index contributed by atoms with van der Waals surface area (Å²) >= 11 is 0. The summed E-state index contributed by atoms with van der Waals surface area (Å²) in [6, 6.07) is 0. The predicted octanol–water partition coefficient (Wildman–Crippen LogP) is 3.64. The minimum atomic E-state index is -2.55. The van der Waals surface area contributed by atoms with Gasteiger partial charge in [0, 0.05) is 25.8 Å². The molecule has 0 amide bonds. The molecule has 0 aliphatic heterocycles. The standard InChI is InChI=1S/C13H18O3Si/c1-17(14-11-5-2-6-11,15-12-7-3-8-12)16-13-9-4-10-13/h5,7,9H,2-4,6,8,10H2,1H3. The number of rotatable bonds is 6. The Balaban J connectivity index is 1.67. The largest absolute Gasteiger partial charge is 0.695 e. The number of hydrogen-bond acceptors (Lipinski definition) is 3. The van der Waals surface area contributed by atoms with Gasteiger partial charge in [-0.05, 0) is 37.5 Å². The lowest BCUT2D eigenvalue weighted by Crippen LogP contribution is -2.43. The van der Waals surface area contributed by atoms with E-state index >= 15 is 0 Å². The molecular weight excluding hydrogens is 232 g/mol. The molecule has 3 aliphatic rings. The molecule has 0 unspecified atom stereocenters. The second kappa shape index (κ2) is 4.26. The lowest BCUT2D eigenvalue weighted by Gasteiger charge is -2.34. The smallest absolute Gasteiger partial charge is 0.488 e. The van der Waals surface area contributed by atoms with Crippen LogP contribution in [0, 0.1) is 0 Å². The SMILES string of the molecule is C[Si](OC1=CCC1)(OC1=CCC1)OC1=CCC1. The summed E-state index contributed by atoms with van der Waals surface area (Å²) in [5.74, 6) is 3.12. The van der Waals surface area contributed by atoms with Gasteiger partial charge in [0.15, 0.2) is 0 Å². The van der Waals surface area contributed by atoms with E-state index in [2.05, 4.69) is 18.2 Å². The van der Waals surface area contributed by atoms with E-state index in [1.807, 2.05) is 6.55 Å². The molecule has 0 spiro atoms. The van der Waals surface area contributed by atoms with E-state index in [9.17, 15) is 0 Å². The van der Waals surface area contributed by atoms with Crippen molar-refractivity contribution in [3.8, 4) is 0 Å². The third-order valence-electron chi connectivity index (χ3n) is 3.24. The Hall–Kier alpha value is -1.16. The van der Waals surface area contributed by atoms with Crippen LogP contribution in [-0.2, 0) is 13.3 Å². The molecule has 0 fully saturated rings. The zero-order valence-electron chi connectivity index (χ0n) is 10.2. The molecule has 0 atom stereocenters. The molecule has 17 heavy (non-hydrogen) atoms. The van der Waals surface area contributed by atoms with E-state index < -0.39 is 8.80 Å². The van der Waals surface area contributed by atoms with Gasteiger partial charge >= 0.3 is 8.80 Å². The maximum Gasteiger partial charge on any atom is 0.695 e. The van der Waals surface area contributed by atoms with E-state index in [-0.39, 0.29) is 0 Å². The first kappa shape index (κ1) is 11.0. The first-order valence-corrected chi connectivity index (χ1v) is 8.60. The Morgan fingerprint density at radius 2 is 1.06 bits per heavy atom. The van der Waals surface area contributed by atoms with Crippen LogP contribution in [-0.4, -0.2) is 8.80 Å². The molecule has 0 aromatic rings. The highest BCUT2D eigenvalue weighted by atomic mass is 28.4. The Morgan fingerprint density at radius 3 is 1.24 bits per heavy atom. The van der Waals surface area contributed by atoms with Crippen molar-refractivity contribution in [2.24, 2.45) is 0 Å². The Kier molecular flexibility index (Phi) is 2.74. The van der Waals surface area contributed by atoms with Gasteiger partial charge < -0.3 is 13.3 Å². The average molecular weight is 250 g/mol. The minimum absolute atomic E-state index is 1.02. The second-order valence-corrected chi connectivity index (χ2v) is 7.13. The van der Waals surface area contributed by atoms with Crippen molar-refractivity contribution in [3.05, 3.63) is 35.5 Å². The summed E-state index contributed by atoms with van der Waals surface area (Å²) in [5, 5.41) is 0. The Bertz CT molecular complexity index is 349. The highest BCUT2D eigenvalue weighted by Crippen LogP contribution is 2.33. The first-order chi connectivity index (χ1) is 8.23. The van der Waals surface area contributed by atoms with Gasteiger partial charge in [-0.3, -0.25) is 0 Å². The van der Waals surface area contributed by atoms with Crippen LogP contribution in [0.2, 0.25) is 6.55 Å². The van der Waals surface area contributed by atoms with Gasteiger partial charge in [0.05, 0.1) is 17.3 Å². The summed E-state index contributed by atoms with van der Waals surface area (Å²) in [4.78, 5) is 0. The molecule has 0 aromatic carbocycles. The molecule has 0 bridgehead atoms. The van der Waals surface area contributed by atoms with Gasteiger partial charge in [-0.25, -0.2) is 0 Å². The van der Waals surface area contributed by atoms with Crippen molar-refractivity contribution in [1.82, 2.24) is 0 Å². The maximum atomic E-state index is 5.96. The van der Waals surface area contributed by atoms with Crippen molar-refractivity contribution < 1.29 is 13.3 Å². The highest BCUT2D eigenvalue weighted by Gasteiger charge is 2.45. The first-order valence-electron chi connectivity index (χ1n) is 6.38. The van der Waals surface area contributed by atoms with E-state index in [1.54, 1.807) is 0 Å². The zero-order chi connectivity index (χ0) is 11.7. The van der Waals surface area contributed by atoms with Crippen LogP contribution in [0.3, 0.4) is 0 Å². The van der Waals surface area contributed by atoms with Crippen molar-refractivity contribution in [3.63, 3.8) is 0 Å². The molecule has 0 radical (unpaired) electrons. The molecular formula is C13H18O3Si. The molecule has 0 heterocycles. The van der Waals surface area contributed by atoms with Crippen LogP contribution in [0.25, 0.3) is 0 Å². The summed E-state index contributed by atoms with van der Waals surface area (Å²) in [5.41, 5.74) is 0. The van der Waals surface area contributed by atoms with Crippen LogP contribution in [0.15, 0.2) is 35.5 Å². The monoisotopic (exact) mass is 250 g/mol. The van der Waals surface area contributed by atoms with Gasteiger partial charge in [0.1, 0.15) is 0 Å². The van der Waals surface area contributed by atoms with Gasteiger partial charge in [-0.2, -0.15) is 0 Å². The molecule has 0 N–H and O–H groups in total. The van der Waals surface area contributed by atoms with Gasteiger partial charge in [-0.15, -0.1) is 0 Å².